The largest absolute Gasteiger partial charge is 0.307 e. The summed E-state index contributed by atoms with van der Waals surface area (Å²) in [7, 11) is 0. The highest BCUT2D eigenvalue weighted by Crippen LogP contribution is 2.25. The summed E-state index contributed by atoms with van der Waals surface area (Å²) < 4.78 is 1.60. The maximum absolute atomic E-state index is 12.0. The first-order valence-corrected chi connectivity index (χ1v) is 8.67. The molecule has 1 amide bonds. The Hall–Kier alpha value is -2.32. The maximum atomic E-state index is 12.0. The number of carbonyl (C=O) groups is 1. The van der Waals surface area contributed by atoms with Crippen LogP contribution in [0.2, 0.25) is 0 Å². The summed E-state index contributed by atoms with van der Waals surface area (Å²) in [4.78, 5) is 23.5. The van der Waals surface area contributed by atoms with Gasteiger partial charge in [-0.15, -0.1) is 10.2 Å². The minimum absolute atomic E-state index is 0.0439. The van der Waals surface area contributed by atoms with Gasteiger partial charge in [-0.3, -0.25) is 9.59 Å². The topological polar surface area (TPSA) is 76.9 Å². The monoisotopic (exact) mass is 346 g/mol. The molecule has 118 valence electrons. The molecule has 0 aliphatic heterocycles. The summed E-state index contributed by atoms with van der Waals surface area (Å²) in [6, 6.07) is 9.67. The van der Waals surface area contributed by atoms with Gasteiger partial charge in [0.2, 0.25) is 11.0 Å². The lowest BCUT2D eigenvalue weighted by atomic mass is 10.2. The average molecular weight is 346 g/mol. The van der Waals surface area contributed by atoms with Gasteiger partial charge in [-0.25, -0.2) is 0 Å². The van der Waals surface area contributed by atoms with Crippen LogP contribution in [-0.2, 0) is 11.3 Å². The number of hydrogen-bond donors (Lipinski definition) is 1. The van der Waals surface area contributed by atoms with Gasteiger partial charge in [0, 0.05) is 29.6 Å². The zero-order valence-corrected chi connectivity index (χ0v) is 14.0. The van der Waals surface area contributed by atoms with Gasteiger partial charge in [-0.05, 0) is 6.92 Å². The normalized spacial score (nSPS) is 10.7. The summed E-state index contributed by atoms with van der Waals surface area (Å²) in [6.45, 7) is 2.22. The molecule has 2 heterocycles. The molecule has 0 spiro atoms. The van der Waals surface area contributed by atoms with Crippen molar-refractivity contribution in [2.75, 3.05) is 5.32 Å². The van der Waals surface area contributed by atoms with Gasteiger partial charge < -0.3 is 9.88 Å². The molecule has 0 fully saturated rings. The van der Waals surface area contributed by atoms with Gasteiger partial charge in [0.05, 0.1) is 0 Å². The zero-order chi connectivity index (χ0) is 16.2. The Labute approximate surface area is 140 Å². The second-order valence-electron chi connectivity index (χ2n) is 4.87. The first-order valence-electron chi connectivity index (χ1n) is 6.97. The SMILES string of the molecule is Cc1csc(=O)n1CCC(=O)Nc1nnc(-c2ccccc2)s1. The van der Waals surface area contributed by atoms with Crippen molar-refractivity contribution in [3.05, 3.63) is 51.1 Å². The van der Waals surface area contributed by atoms with Crippen molar-refractivity contribution in [1.29, 1.82) is 0 Å². The highest BCUT2D eigenvalue weighted by molar-refractivity contribution is 7.18. The second-order valence-corrected chi connectivity index (χ2v) is 6.67. The molecule has 1 aromatic carbocycles. The summed E-state index contributed by atoms with van der Waals surface area (Å²) in [5, 5.41) is 13.8. The maximum Gasteiger partial charge on any atom is 0.307 e. The number of amides is 1. The van der Waals surface area contributed by atoms with Crippen molar-refractivity contribution >= 4 is 33.7 Å². The Balaban J connectivity index is 1.60. The minimum Gasteiger partial charge on any atom is -0.303 e. The van der Waals surface area contributed by atoms with E-state index in [-0.39, 0.29) is 17.2 Å². The molecule has 0 saturated carbocycles. The van der Waals surface area contributed by atoms with E-state index >= 15 is 0 Å². The van der Waals surface area contributed by atoms with E-state index in [9.17, 15) is 9.59 Å². The van der Waals surface area contributed by atoms with E-state index in [1.54, 1.807) is 9.95 Å². The molecule has 6 nitrogen and oxygen atoms in total. The predicted octanol–water partition coefficient (Wildman–Crippen LogP) is 2.77. The number of aromatic nitrogens is 3. The number of thiazole rings is 1. The summed E-state index contributed by atoms with van der Waals surface area (Å²) >= 11 is 2.47. The molecular weight excluding hydrogens is 332 g/mol. The Bertz CT molecular complexity index is 867. The van der Waals surface area contributed by atoms with Crippen LogP contribution in [0.25, 0.3) is 10.6 Å². The van der Waals surface area contributed by atoms with Crippen molar-refractivity contribution in [1.82, 2.24) is 14.8 Å². The smallest absolute Gasteiger partial charge is 0.303 e. The molecule has 1 N–H and O–H groups in total. The summed E-state index contributed by atoms with van der Waals surface area (Å²) in [5.41, 5.74) is 1.83. The van der Waals surface area contributed by atoms with Crippen molar-refractivity contribution in [2.24, 2.45) is 0 Å². The standard InChI is InChI=1S/C15H14N4O2S2/c1-10-9-22-15(21)19(10)8-7-12(20)16-14-18-17-13(23-14)11-5-3-2-4-6-11/h2-6,9H,7-8H2,1H3,(H,16,18,20). The molecule has 0 radical (unpaired) electrons. The van der Waals surface area contributed by atoms with E-state index in [1.165, 1.54) is 11.3 Å². The average Bonchev–Trinajstić information content (AvgIpc) is 3.14. The molecule has 0 bridgehead atoms. The Morgan fingerprint density at radius 1 is 1.26 bits per heavy atom. The van der Waals surface area contributed by atoms with Gasteiger partial charge in [0.25, 0.3) is 0 Å². The van der Waals surface area contributed by atoms with Gasteiger partial charge >= 0.3 is 4.87 Å². The Morgan fingerprint density at radius 2 is 2.04 bits per heavy atom. The molecule has 0 unspecified atom stereocenters. The number of hydrogen-bond acceptors (Lipinski definition) is 6. The first kappa shape index (κ1) is 15.6. The van der Waals surface area contributed by atoms with Gasteiger partial charge in [0.1, 0.15) is 5.01 Å². The molecule has 0 aliphatic rings. The molecule has 0 saturated heterocycles. The predicted molar refractivity (Wildman–Crippen MR) is 91.9 cm³/mol. The molecule has 3 rings (SSSR count). The molecular formula is C15H14N4O2S2. The fourth-order valence-corrected chi connectivity index (χ4v) is 3.57. The first-order chi connectivity index (χ1) is 11.1. The Morgan fingerprint density at radius 3 is 2.74 bits per heavy atom. The number of rotatable bonds is 5. The molecule has 0 aliphatic carbocycles. The van der Waals surface area contributed by atoms with E-state index in [1.807, 2.05) is 37.3 Å². The summed E-state index contributed by atoms with van der Waals surface area (Å²) in [5.74, 6) is -0.182. The molecule has 2 aromatic heterocycles. The highest BCUT2D eigenvalue weighted by Gasteiger charge is 2.11. The Kier molecular flexibility index (Phi) is 4.63. The van der Waals surface area contributed by atoms with Crippen molar-refractivity contribution in [3.8, 4) is 10.6 Å². The lowest BCUT2D eigenvalue weighted by Gasteiger charge is -2.03. The van der Waals surface area contributed by atoms with Gasteiger partial charge in [-0.2, -0.15) is 0 Å². The number of nitrogens with zero attached hydrogens (tertiary/aromatic N) is 3. The van der Waals surface area contributed by atoms with E-state index in [0.29, 0.717) is 11.7 Å². The number of carbonyl (C=O) groups excluding carboxylic acids is 1. The van der Waals surface area contributed by atoms with E-state index < -0.39 is 0 Å². The van der Waals surface area contributed by atoms with Crippen LogP contribution in [0.5, 0.6) is 0 Å². The number of aryl methyl sites for hydroxylation is 1. The fourth-order valence-electron chi connectivity index (χ4n) is 2.04. The van der Waals surface area contributed by atoms with E-state index in [2.05, 4.69) is 15.5 Å². The van der Waals surface area contributed by atoms with Crippen molar-refractivity contribution in [2.45, 2.75) is 19.9 Å². The van der Waals surface area contributed by atoms with Crippen LogP contribution < -0.4 is 10.2 Å². The third-order valence-electron chi connectivity index (χ3n) is 3.23. The number of benzene rings is 1. The summed E-state index contributed by atoms with van der Waals surface area (Å²) in [6.07, 6.45) is 0.220. The molecule has 0 atom stereocenters. The molecule has 8 heteroatoms. The lowest BCUT2D eigenvalue weighted by Crippen LogP contribution is -2.20. The van der Waals surface area contributed by atoms with Crippen LogP contribution in [0.15, 0.2) is 40.5 Å². The second kappa shape index (κ2) is 6.84. The van der Waals surface area contributed by atoms with E-state index in [4.69, 9.17) is 0 Å². The number of nitrogens with one attached hydrogen (secondary N) is 1. The lowest BCUT2D eigenvalue weighted by molar-refractivity contribution is -0.116. The van der Waals surface area contributed by atoms with Gasteiger partial charge in [0.15, 0.2) is 0 Å². The van der Waals surface area contributed by atoms with Crippen molar-refractivity contribution in [3.63, 3.8) is 0 Å². The molecule has 3 aromatic rings. The molecule has 23 heavy (non-hydrogen) atoms. The van der Waals surface area contributed by atoms with Crippen LogP contribution >= 0.6 is 22.7 Å². The number of anilines is 1. The van der Waals surface area contributed by atoms with Crippen molar-refractivity contribution < 1.29 is 4.79 Å². The highest BCUT2D eigenvalue weighted by atomic mass is 32.1. The van der Waals surface area contributed by atoms with Gasteiger partial charge in [-0.1, -0.05) is 53.0 Å². The quantitative estimate of drug-likeness (QED) is 0.771. The third kappa shape index (κ3) is 3.72. The van der Waals surface area contributed by atoms with Crippen LogP contribution in [0, 0.1) is 6.92 Å². The van der Waals surface area contributed by atoms with Crippen LogP contribution in [0.4, 0.5) is 5.13 Å². The minimum atomic E-state index is -0.182. The van der Waals surface area contributed by atoms with E-state index in [0.717, 1.165) is 27.6 Å². The van der Waals surface area contributed by atoms with Crippen LogP contribution in [-0.4, -0.2) is 20.7 Å². The zero-order valence-electron chi connectivity index (χ0n) is 12.4. The fraction of sp³-hybridized carbons (Fsp3) is 0.200. The van der Waals surface area contributed by atoms with Crippen LogP contribution in [0.3, 0.4) is 0 Å². The third-order valence-corrected chi connectivity index (χ3v) is 5.00. The van der Waals surface area contributed by atoms with Crippen LogP contribution in [0.1, 0.15) is 12.1 Å².